The van der Waals surface area contributed by atoms with Crippen molar-refractivity contribution < 1.29 is 5.11 Å². The Kier molecular flexibility index (Phi) is 6.76. The summed E-state index contributed by atoms with van der Waals surface area (Å²) in [4.78, 5) is 6.99. The summed E-state index contributed by atoms with van der Waals surface area (Å²) in [5, 5.41) is 16.9. The lowest BCUT2D eigenvalue weighted by atomic mass is 10.1. The van der Waals surface area contributed by atoms with Crippen molar-refractivity contribution in [2.75, 3.05) is 20.1 Å². The summed E-state index contributed by atoms with van der Waals surface area (Å²) in [6.45, 7) is 4.30. The standard InChI is InChI=1S/C16H30N4O.HI/c1-11-8-13(10-20(11)14-6-7-14)19-16(17-2)18-9-12-4-3-5-15(12)21;/h11-15,21H,3-10H2,1-2H3,(H2,17,18,19);1H. The molecule has 3 rings (SSSR count). The van der Waals surface area contributed by atoms with Gasteiger partial charge in [0.15, 0.2) is 5.96 Å². The quantitative estimate of drug-likeness (QED) is 0.366. The SMILES string of the molecule is CN=C(NCC1CCCC1O)NC1CC(C)N(C2CC2)C1.I. The van der Waals surface area contributed by atoms with E-state index in [-0.39, 0.29) is 30.1 Å². The van der Waals surface area contributed by atoms with Gasteiger partial charge in [-0.2, -0.15) is 0 Å². The third-order valence-electron chi connectivity index (χ3n) is 5.35. The van der Waals surface area contributed by atoms with Crippen molar-refractivity contribution in [1.29, 1.82) is 0 Å². The van der Waals surface area contributed by atoms with Crippen molar-refractivity contribution in [3.63, 3.8) is 0 Å². The first kappa shape index (κ1) is 18.3. The van der Waals surface area contributed by atoms with Crippen LogP contribution in [0.1, 0.15) is 45.4 Å². The van der Waals surface area contributed by atoms with Gasteiger partial charge in [-0.15, -0.1) is 24.0 Å². The van der Waals surface area contributed by atoms with Gasteiger partial charge in [0.2, 0.25) is 0 Å². The molecule has 6 heteroatoms. The Balaban J connectivity index is 0.00000176. The van der Waals surface area contributed by atoms with E-state index in [4.69, 9.17) is 0 Å². The lowest BCUT2D eigenvalue weighted by molar-refractivity contribution is 0.134. The highest BCUT2D eigenvalue weighted by Crippen LogP contribution is 2.33. The van der Waals surface area contributed by atoms with Crippen LogP contribution in [-0.2, 0) is 0 Å². The smallest absolute Gasteiger partial charge is 0.191 e. The molecule has 128 valence electrons. The van der Waals surface area contributed by atoms with Gasteiger partial charge in [0, 0.05) is 44.2 Å². The predicted octanol–water partition coefficient (Wildman–Crippen LogP) is 1.56. The van der Waals surface area contributed by atoms with Gasteiger partial charge in [-0.1, -0.05) is 6.42 Å². The fraction of sp³-hybridized carbons (Fsp3) is 0.938. The number of halogens is 1. The van der Waals surface area contributed by atoms with Crippen molar-refractivity contribution in [2.45, 2.75) is 69.7 Å². The number of nitrogens with zero attached hydrogens (tertiary/aromatic N) is 2. The van der Waals surface area contributed by atoms with E-state index < -0.39 is 0 Å². The first-order valence-electron chi connectivity index (χ1n) is 8.58. The van der Waals surface area contributed by atoms with Gasteiger partial charge >= 0.3 is 0 Å². The maximum absolute atomic E-state index is 9.89. The first-order valence-corrected chi connectivity index (χ1v) is 8.58. The molecule has 3 fully saturated rings. The molecule has 0 spiro atoms. The number of hydrogen-bond acceptors (Lipinski definition) is 3. The lowest BCUT2D eigenvalue weighted by Crippen LogP contribution is -2.46. The number of hydrogen-bond donors (Lipinski definition) is 3. The second-order valence-electron chi connectivity index (χ2n) is 7.07. The number of likely N-dealkylation sites (tertiary alicyclic amines) is 1. The van der Waals surface area contributed by atoms with Crippen LogP contribution in [0.5, 0.6) is 0 Å². The summed E-state index contributed by atoms with van der Waals surface area (Å²) >= 11 is 0. The minimum absolute atomic E-state index is 0. The van der Waals surface area contributed by atoms with Crippen LogP contribution in [0.4, 0.5) is 0 Å². The normalized spacial score (nSPS) is 36.2. The molecule has 2 saturated carbocycles. The minimum atomic E-state index is -0.132. The van der Waals surface area contributed by atoms with Crippen molar-refractivity contribution in [3.8, 4) is 0 Å². The minimum Gasteiger partial charge on any atom is -0.393 e. The number of guanidine groups is 1. The molecule has 5 nitrogen and oxygen atoms in total. The zero-order valence-electron chi connectivity index (χ0n) is 13.8. The summed E-state index contributed by atoms with van der Waals surface area (Å²) in [6, 6.07) is 2.03. The molecule has 0 radical (unpaired) electrons. The van der Waals surface area contributed by atoms with Gasteiger partial charge in [-0.05, 0) is 39.0 Å². The third kappa shape index (κ3) is 4.47. The van der Waals surface area contributed by atoms with Crippen molar-refractivity contribution in [1.82, 2.24) is 15.5 Å². The summed E-state index contributed by atoms with van der Waals surface area (Å²) in [7, 11) is 1.83. The molecule has 0 aromatic rings. The molecule has 0 amide bonds. The van der Waals surface area contributed by atoms with Gasteiger partial charge in [0.25, 0.3) is 0 Å². The van der Waals surface area contributed by atoms with E-state index in [1.54, 1.807) is 0 Å². The average Bonchev–Trinajstić information content (AvgIpc) is 3.13. The molecule has 1 aliphatic heterocycles. The number of nitrogens with one attached hydrogen (secondary N) is 2. The zero-order chi connectivity index (χ0) is 14.8. The molecule has 4 atom stereocenters. The van der Waals surface area contributed by atoms with Gasteiger partial charge in [-0.25, -0.2) is 0 Å². The third-order valence-corrected chi connectivity index (χ3v) is 5.35. The van der Waals surface area contributed by atoms with Crippen LogP contribution >= 0.6 is 24.0 Å². The molecule has 2 aliphatic carbocycles. The first-order chi connectivity index (χ1) is 10.2. The molecular formula is C16H31IN4O. The van der Waals surface area contributed by atoms with Crippen LogP contribution in [-0.4, -0.2) is 60.3 Å². The zero-order valence-corrected chi connectivity index (χ0v) is 16.1. The van der Waals surface area contributed by atoms with Gasteiger partial charge < -0.3 is 15.7 Å². The maximum atomic E-state index is 9.89. The van der Waals surface area contributed by atoms with Crippen LogP contribution in [0.25, 0.3) is 0 Å². The molecule has 1 saturated heterocycles. The molecule has 0 bridgehead atoms. The number of rotatable bonds is 4. The van der Waals surface area contributed by atoms with Crippen molar-refractivity contribution in [2.24, 2.45) is 10.9 Å². The monoisotopic (exact) mass is 422 g/mol. The predicted molar refractivity (Wildman–Crippen MR) is 101 cm³/mol. The van der Waals surface area contributed by atoms with Crippen LogP contribution in [0.3, 0.4) is 0 Å². The molecular weight excluding hydrogens is 391 g/mol. The maximum Gasteiger partial charge on any atom is 0.191 e. The Morgan fingerprint density at radius 1 is 1.27 bits per heavy atom. The van der Waals surface area contributed by atoms with Crippen molar-refractivity contribution >= 4 is 29.9 Å². The summed E-state index contributed by atoms with van der Waals surface area (Å²) < 4.78 is 0. The van der Waals surface area contributed by atoms with Gasteiger partial charge in [0.05, 0.1) is 6.10 Å². The number of aliphatic imine (C=N–C) groups is 1. The lowest BCUT2D eigenvalue weighted by Gasteiger charge is -2.21. The molecule has 4 unspecified atom stereocenters. The fourth-order valence-corrected chi connectivity index (χ4v) is 3.95. The summed E-state index contributed by atoms with van der Waals surface area (Å²) in [6.07, 6.45) is 7.05. The van der Waals surface area contributed by atoms with E-state index in [1.807, 2.05) is 7.05 Å². The van der Waals surface area contributed by atoms with E-state index in [9.17, 15) is 5.11 Å². The van der Waals surface area contributed by atoms with Crippen LogP contribution in [0, 0.1) is 5.92 Å². The van der Waals surface area contributed by atoms with Gasteiger partial charge in [0.1, 0.15) is 0 Å². The summed E-state index contributed by atoms with van der Waals surface area (Å²) in [5.41, 5.74) is 0. The molecule has 0 aromatic carbocycles. The van der Waals surface area contributed by atoms with Crippen molar-refractivity contribution in [3.05, 3.63) is 0 Å². The molecule has 0 aromatic heterocycles. The second kappa shape index (κ2) is 8.15. The Morgan fingerprint density at radius 3 is 2.64 bits per heavy atom. The fourth-order valence-electron chi connectivity index (χ4n) is 3.95. The van der Waals surface area contributed by atoms with Crippen LogP contribution in [0.2, 0.25) is 0 Å². The van der Waals surface area contributed by atoms with Crippen LogP contribution in [0.15, 0.2) is 4.99 Å². The Bertz CT molecular complexity index is 388. The van der Waals surface area contributed by atoms with E-state index >= 15 is 0 Å². The van der Waals surface area contributed by atoms with Gasteiger partial charge in [-0.3, -0.25) is 9.89 Å². The summed E-state index contributed by atoms with van der Waals surface area (Å²) in [5.74, 6) is 1.28. The topological polar surface area (TPSA) is 59.9 Å². The van der Waals surface area contributed by atoms with E-state index in [2.05, 4.69) is 27.4 Å². The number of aliphatic hydroxyl groups excluding tert-OH is 1. The van der Waals surface area contributed by atoms with E-state index in [0.29, 0.717) is 18.0 Å². The van der Waals surface area contributed by atoms with E-state index in [1.165, 1.54) is 19.3 Å². The van der Waals surface area contributed by atoms with Crippen LogP contribution < -0.4 is 10.6 Å². The number of aliphatic hydroxyl groups is 1. The Labute approximate surface area is 151 Å². The largest absolute Gasteiger partial charge is 0.393 e. The highest BCUT2D eigenvalue weighted by Gasteiger charge is 2.39. The highest BCUT2D eigenvalue weighted by atomic mass is 127. The Hall–Kier alpha value is -0.0800. The average molecular weight is 422 g/mol. The second-order valence-corrected chi connectivity index (χ2v) is 7.07. The molecule has 3 N–H and O–H groups in total. The van der Waals surface area contributed by atoms with E-state index in [0.717, 1.165) is 44.4 Å². The molecule has 22 heavy (non-hydrogen) atoms. The Morgan fingerprint density at radius 2 is 2.05 bits per heavy atom. The molecule has 3 aliphatic rings. The molecule has 1 heterocycles. The highest BCUT2D eigenvalue weighted by molar-refractivity contribution is 14.0.